The number of nitrogens with zero attached hydrogens (tertiary/aromatic N) is 2. The third-order valence-corrected chi connectivity index (χ3v) is 7.74. The first-order valence-corrected chi connectivity index (χ1v) is 14.3. The van der Waals surface area contributed by atoms with E-state index in [0.29, 0.717) is 16.5 Å². The number of benzene rings is 3. The zero-order valence-electron chi connectivity index (χ0n) is 21.8. The molecule has 2 atom stereocenters. The van der Waals surface area contributed by atoms with Gasteiger partial charge in [-0.1, -0.05) is 54.2 Å². The fraction of sp³-hybridized carbons (Fsp3) is 0.0938. The summed E-state index contributed by atoms with van der Waals surface area (Å²) in [5.74, 6) is 1.17. The second kappa shape index (κ2) is 12.3. The lowest BCUT2D eigenvalue weighted by molar-refractivity contribution is -0.118. The molecule has 2 N–H and O–H groups in total. The smallest absolute Gasteiger partial charge is 0.262 e. The molecule has 1 fully saturated rings. The van der Waals surface area contributed by atoms with Gasteiger partial charge in [-0.25, -0.2) is 0 Å². The van der Waals surface area contributed by atoms with Crippen LogP contribution in [-0.4, -0.2) is 22.6 Å². The molecule has 0 bridgehead atoms. The number of carbonyl (C=O) groups is 1. The summed E-state index contributed by atoms with van der Waals surface area (Å²) in [6.07, 6.45) is 1.78. The first-order valence-electron chi connectivity index (χ1n) is 13.0. The van der Waals surface area contributed by atoms with Gasteiger partial charge in [0.25, 0.3) is 5.91 Å². The zero-order chi connectivity index (χ0) is 28.0. The summed E-state index contributed by atoms with van der Waals surface area (Å²) in [4.78, 5) is 20.2. The molecule has 41 heavy (non-hydrogen) atoms. The molecular weight excluding hydrogens is 553 g/mol. The maximum absolute atomic E-state index is 12.5. The van der Waals surface area contributed by atoms with Gasteiger partial charge in [-0.15, -0.1) is 0 Å². The third-order valence-electron chi connectivity index (χ3n) is 6.50. The predicted molar refractivity (Wildman–Crippen MR) is 164 cm³/mol. The molecule has 204 valence electrons. The van der Waals surface area contributed by atoms with Crippen molar-refractivity contribution in [2.75, 3.05) is 16.8 Å². The highest BCUT2D eigenvalue weighted by molar-refractivity contribution is 7.99. The van der Waals surface area contributed by atoms with Crippen LogP contribution in [0.5, 0.6) is 5.75 Å². The summed E-state index contributed by atoms with van der Waals surface area (Å²) in [6, 6.07) is 36.2. The Morgan fingerprint density at radius 2 is 1.66 bits per heavy atom. The molecule has 0 radical (unpaired) electrons. The first-order chi connectivity index (χ1) is 20.1. The van der Waals surface area contributed by atoms with E-state index >= 15 is 0 Å². The molecule has 0 saturated carbocycles. The van der Waals surface area contributed by atoms with E-state index in [9.17, 15) is 4.79 Å². The molecule has 3 aromatic carbocycles. The van der Waals surface area contributed by atoms with Crippen molar-refractivity contribution in [3.8, 4) is 5.75 Å². The van der Waals surface area contributed by atoms with E-state index in [2.05, 4.69) is 27.8 Å². The van der Waals surface area contributed by atoms with E-state index in [0.717, 1.165) is 27.1 Å². The lowest BCUT2D eigenvalue weighted by atomic mass is 10.0. The van der Waals surface area contributed by atoms with Gasteiger partial charge in [0.15, 0.2) is 16.8 Å². The van der Waals surface area contributed by atoms with Crippen molar-refractivity contribution in [1.29, 1.82) is 0 Å². The Kier molecular flexibility index (Phi) is 7.97. The SMILES string of the molecule is O=C(COc1ccccc1)Nc1ccc(N2C(=S)NC(c3ccccn3)C2c2ccc(Sc3ccccc3)o2)cc1. The van der Waals surface area contributed by atoms with E-state index < -0.39 is 0 Å². The highest BCUT2D eigenvalue weighted by Crippen LogP contribution is 2.43. The number of thiocarbonyl (C=S) groups is 1. The van der Waals surface area contributed by atoms with E-state index in [1.165, 1.54) is 0 Å². The maximum Gasteiger partial charge on any atom is 0.262 e. The Morgan fingerprint density at radius 3 is 2.39 bits per heavy atom. The molecule has 0 spiro atoms. The van der Waals surface area contributed by atoms with Gasteiger partial charge in [0.05, 0.1) is 11.7 Å². The molecule has 5 aromatic rings. The Labute approximate surface area is 247 Å². The number of anilines is 2. The topological polar surface area (TPSA) is 79.6 Å². The number of aromatic nitrogens is 1. The highest BCUT2D eigenvalue weighted by atomic mass is 32.2. The molecule has 7 nitrogen and oxygen atoms in total. The number of carbonyl (C=O) groups excluding carboxylic acids is 1. The van der Waals surface area contributed by atoms with E-state index in [1.54, 1.807) is 18.0 Å². The number of pyridine rings is 1. The molecule has 1 aliphatic heterocycles. The van der Waals surface area contributed by atoms with Gasteiger partial charge in [0.1, 0.15) is 17.6 Å². The average Bonchev–Trinajstić information content (AvgIpc) is 3.62. The monoisotopic (exact) mass is 578 g/mol. The molecule has 3 heterocycles. The number of nitrogens with one attached hydrogen (secondary N) is 2. The van der Waals surface area contributed by atoms with E-state index in [4.69, 9.17) is 21.4 Å². The standard InChI is InChI=1S/C32H26N4O3S2/c37-28(21-38-24-9-3-1-4-10-24)34-22-14-16-23(17-15-22)36-31(30(35-32(36)40)26-13-7-8-20-33-26)27-18-19-29(39-27)41-25-11-5-2-6-12-25/h1-20,30-31H,21H2,(H,34,37)(H,35,40). The van der Waals surface area contributed by atoms with E-state index in [1.807, 2.05) is 108 Å². The number of furan rings is 1. The summed E-state index contributed by atoms with van der Waals surface area (Å²) >= 11 is 7.39. The molecule has 6 rings (SSSR count). The Hall–Kier alpha value is -4.60. The van der Waals surface area contributed by atoms with Crippen molar-refractivity contribution in [3.05, 3.63) is 133 Å². The van der Waals surface area contributed by atoms with Crippen LogP contribution in [0.3, 0.4) is 0 Å². The number of amides is 1. The van der Waals surface area contributed by atoms with Gasteiger partial charge in [-0.05, 0) is 85.0 Å². The molecule has 1 saturated heterocycles. The number of rotatable bonds is 9. The van der Waals surface area contributed by atoms with Crippen molar-refractivity contribution in [3.63, 3.8) is 0 Å². The van der Waals surface area contributed by atoms with Gasteiger partial charge in [-0.2, -0.15) is 0 Å². The minimum Gasteiger partial charge on any atom is -0.484 e. The molecule has 2 unspecified atom stereocenters. The second-order valence-corrected chi connectivity index (χ2v) is 10.7. The Balaban J connectivity index is 1.22. The van der Waals surface area contributed by atoms with Crippen LogP contribution >= 0.6 is 24.0 Å². The minimum absolute atomic E-state index is 0.0818. The summed E-state index contributed by atoms with van der Waals surface area (Å²) < 4.78 is 11.9. The van der Waals surface area contributed by atoms with Gasteiger partial charge in [0, 0.05) is 22.5 Å². The van der Waals surface area contributed by atoms with Crippen molar-refractivity contribution >= 4 is 46.4 Å². The molecule has 1 amide bonds. The minimum atomic E-state index is -0.276. The fourth-order valence-electron chi connectivity index (χ4n) is 4.64. The second-order valence-electron chi connectivity index (χ2n) is 9.27. The molecule has 9 heteroatoms. The van der Waals surface area contributed by atoms with Crippen LogP contribution in [0.4, 0.5) is 11.4 Å². The quantitative estimate of drug-likeness (QED) is 0.181. The van der Waals surface area contributed by atoms with Crippen molar-refractivity contribution in [2.24, 2.45) is 0 Å². The first kappa shape index (κ1) is 26.6. The number of para-hydroxylation sites is 1. The summed E-state index contributed by atoms with van der Waals surface area (Å²) in [6.45, 7) is -0.0818. The average molecular weight is 579 g/mol. The van der Waals surface area contributed by atoms with Crippen LogP contribution in [0.1, 0.15) is 23.5 Å². The number of hydrogen-bond acceptors (Lipinski definition) is 6. The normalized spacial score (nSPS) is 16.3. The van der Waals surface area contributed by atoms with Crippen LogP contribution in [0, 0.1) is 0 Å². The van der Waals surface area contributed by atoms with Crippen LogP contribution in [0.25, 0.3) is 0 Å². The van der Waals surface area contributed by atoms with E-state index in [-0.39, 0.29) is 24.6 Å². The summed E-state index contributed by atoms with van der Waals surface area (Å²) in [7, 11) is 0. The molecule has 2 aromatic heterocycles. The van der Waals surface area contributed by atoms with Gasteiger partial charge < -0.3 is 24.7 Å². The molecular formula is C32H26N4O3S2. The van der Waals surface area contributed by atoms with Crippen LogP contribution in [0.2, 0.25) is 0 Å². The molecule has 1 aliphatic rings. The van der Waals surface area contributed by atoms with Crippen molar-refractivity contribution in [1.82, 2.24) is 10.3 Å². The highest BCUT2D eigenvalue weighted by Gasteiger charge is 2.42. The maximum atomic E-state index is 12.5. The van der Waals surface area contributed by atoms with Crippen molar-refractivity contribution < 1.29 is 13.9 Å². The number of ether oxygens (including phenoxy) is 1. The van der Waals surface area contributed by atoms with Crippen molar-refractivity contribution in [2.45, 2.75) is 22.1 Å². The third kappa shape index (κ3) is 6.26. The Bertz CT molecular complexity index is 1610. The van der Waals surface area contributed by atoms with Crippen LogP contribution < -0.4 is 20.3 Å². The predicted octanol–water partition coefficient (Wildman–Crippen LogP) is 7.02. The Morgan fingerprint density at radius 1 is 0.927 bits per heavy atom. The largest absolute Gasteiger partial charge is 0.484 e. The van der Waals surface area contributed by atoms with Gasteiger partial charge in [0.2, 0.25) is 0 Å². The lowest BCUT2D eigenvalue weighted by Crippen LogP contribution is -2.29. The van der Waals surface area contributed by atoms with Gasteiger partial charge in [-0.3, -0.25) is 9.78 Å². The fourth-order valence-corrected chi connectivity index (χ4v) is 5.79. The van der Waals surface area contributed by atoms with Crippen LogP contribution in [-0.2, 0) is 4.79 Å². The van der Waals surface area contributed by atoms with Gasteiger partial charge >= 0.3 is 0 Å². The lowest BCUT2D eigenvalue weighted by Gasteiger charge is -2.26. The summed E-state index contributed by atoms with van der Waals surface area (Å²) in [5.41, 5.74) is 2.38. The van der Waals surface area contributed by atoms with Crippen LogP contribution in [0.15, 0.2) is 136 Å². The summed E-state index contributed by atoms with van der Waals surface area (Å²) in [5, 5.41) is 7.68. The molecule has 0 aliphatic carbocycles. The number of hydrogen-bond donors (Lipinski definition) is 2. The zero-order valence-corrected chi connectivity index (χ0v) is 23.5.